The number of alkyl halides is 3. The number of nitrogens with one attached hydrogen (secondary N) is 1. The summed E-state index contributed by atoms with van der Waals surface area (Å²) in [6.45, 7) is 5.81. The molecule has 0 atom stereocenters. The molecule has 29 heavy (non-hydrogen) atoms. The number of aryl methyl sites for hydroxylation is 1. The summed E-state index contributed by atoms with van der Waals surface area (Å²) in [5.74, 6) is 0.626. The van der Waals surface area contributed by atoms with Gasteiger partial charge in [0.25, 0.3) is 0 Å². The van der Waals surface area contributed by atoms with E-state index in [2.05, 4.69) is 10.4 Å². The molecule has 0 saturated heterocycles. The number of aromatic nitrogens is 2. The Morgan fingerprint density at radius 2 is 1.86 bits per heavy atom. The molecule has 2 aromatic rings. The number of carbonyl (C=O) groups excluding carboxylic acids is 1. The predicted octanol–water partition coefficient (Wildman–Crippen LogP) is 4.91. The molecule has 0 aromatic carbocycles. The van der Waals surface area contributed by atoms with E-state index in [1.54, 1.807) is 10.7 Å². The van der Waals surface area contributed by atoms with Crippen molar-refractivity contribution in [2.24, 2.45) is 5.92 Å². The van der Waals surface area contributed by atoms with Gasteiger partial charge in [-0.05, 0) is 58.9 Å². The zero-order valence-corrected chi connectivity index (χ0v) is 16.9. The lowest BCUT2D eigenvalue weighted by molar-refractivity contribution is -0.142. The summed E-state index contributed by atoms with van der Waals surface area (Å²) in [6.07, 6.45) is 0.291. The molecule has 0 bridgehead atoms. The van der Waals surface area contributed by atoms with E-state index in [0.717, 1.165) is 0 Å². The zero-order chi connectivity index (χ0) is 21.0. The Kier molecular flexibility index (Phi) is 4.78. The lowest BCUT2D eigenvalue weighted by atomic mass is 9.84. The quantitative estimate of drug-likeness (QED) is 0.767. The highest BCUT2D eigenvalue weighted by atomic mass is 19.4. The third-order valence-electron chi connectivity index (χ3n) is 5.79. The van der Waals surface area contributed by atoms with Gasteiger partial charge < -0.3 is 9.73 Å². The molecule has 0 aliphatic heterocycles. The Bertz CT molecular complexity index is 913. The minimum atomic E-state index is -4.49. The molecule has 158 valence electrons. The minimum absolute atomic E-state index is 0.0199. The van der Waals surface area contributed by atoms with E-state index in [0.29, 0.717) is 49.1 Å². The molecule has 2 heterocycles. The smallest absolute Gasteiger partial charge is 0.435 e. The van der Waals surface area contributed by atoms with Crippen LogP contribution in [-0.4, -0.2) is 21.2 Å². The Hall–Kier alpha value is -2.25. The fourth-order valence-electron chi connectivity index (χ4n) is 4.52. The summed E-state index contributed by atoms with van der Waals surface area (Å²) in [4.78, 5) is 12.5. The molecule has 1 amide bonds. The molecule has 1 fully saturated rings. The van der Waals surface area contributed by atoms with Crippen molar-refractivity contribution in [3.05, 3.63) is 29.3 Å². The van der Waals surface area contributed by atoms with Crippen LogP contribution >= 0.6 is 0 Å². The number of fused-ring (bicyclic) bond motifs is 3. The van der Waals surface area contributed by atoms with Crippen molar-refractivity contribution < 1.29 is 22.4 Å². The van der Waals surface area contributed by atoms with Gasteiger partial charge in [0.2, 0.25) is 5.91 Å². The van der Waals surface area contributed by atoms with E-state index in [9.17, 15) is 18.0 Å². The SMILES string of the molecule is CC(C)(C)NC(=O)C1CCC(n2nc(C(F)(F)F)c3c2-c2ccoc2CC3)CC1. The number of rotatable bonds is 2. The van der Waals surface area contributed by atoms with Crippen molar-refractivity contribution in [2.75, 3.05) is 0 Å². The first-order chi connectivity index (χ1) is 13.5. The topological polar surface area (TPSA) is 60.1 Å². The minimum Gasteiger partial charge on any atom is -0.469 e. The number of amides is 1. The maximum Gasteiger partial charge on any atom is 0.435 e. The monoisotopic (exact) mass is 409 g/mol. The summed E-state index contributed by atoms with van der Waals surface area (Å²) < 4.78 is 47.9. The van der Waals surface area contributed by atoms with Gasteiger partial charge in [-0.15, -0.1) is 0 Å². The fourth-order valence-corrected chi connectivity index (χ4v) is 4.52. The maximum atomic E-state index is 13.6. The van der Waals surface area contributed by atoms with Crippen LogP contribution in [0.15, 0.2) is 16.7 Å². The van der Waals surface area contributed by atoms with Crippen molar-refractivity contribution in [3.63, 3.8) is 0 Å². The van der Waals surface area contributed by atoms with Crippen molar-refractivity contribution >= 4 is 5.91 Å². The normalized spacial score (nSPS) is 22.1. The largest absolute Gasteiger partial charge is 0.469 e. The summed E-state index contributed by atoms with van der Waals surface area (Å²) in [7, 11) is 0. The van der Waals surface area contributed by atoms with Gasteiger partial charge in [-0.25, -0.2) is 0 Å². The Balaban J connectivity index is 1.61. The third kappa shape index (κ3) is 3.81. The van der Waals surface area contributed by atoms with Crippen LogP contribution in [0.25, 0.3) is 11.3 Å². The highest BCUT2D eigenvalue weighted by Crippen LogP contribution is 2.44. The predicted molar refractivity (Wildman–Crippen MR) is 101 cm³/mol. The molecule has 1 saturated carbocycles. The number of carbonyl (C=O) groups is 1. The van der Waals surface area contributed by atoms with Crippen LogP contribution in [0.3, 0.4) is 0 Å². The summed E-state index contributed by atoms with van der Waals surface area (Å²) in [5, 5.41) is 7.05. The molecule has 4 rings (SSSR count). The standard InChI is InChI=1S/C21H26F3N3O2/c1-20(2,3)25-19(28)12-4-6-13(7-5-12)27-17-14-10-11-29-16(14)9-8-15(17)18(26-27)21(22,23)24/h10-13H,4-9H2,1-3H3,(H,25,28). The second-order valence-corrected chi connectivity index (χ2v) is 9.12. The molecule has 5 nitrogen and oxygen atoms in total. The first-order valence-electron chi connectivity index (χ1n) is 10.1. The second-order valence-electron chi connectivity index (χ2n) is 9.12. The van der Waals surface area contributed by atoms with Gasteiger partial charge in [0.05, 0.1) is 18.0 Å². The van der Waals surface area contributed by atoms with E-state index in [1.165, 1.54) is 6.26 Å². The summed E-state index contributed by atoms with van der Waals surface area (Å²) >= 11 is 0. The fraction of sp³-hybridized carbons (Fsp3) is 0.619. The Morgan fingerprint density at radius 3 is 2.48 bits per heavy atom. The van der Waals surface area contributed by atoms with Gasteiger partial charge in [0, 0.05) is 29.0 Å². The average Bonchev–Trinajstić information content (AvgIpc) is 3.24. The van der Waals surface area contributed by atoms with Crippen LogP contribution in [0, 0.1) is 5.92 Å². The van der Waals surface area contributed by atoms with Crippen LogP contribution in [0.1, 0.15) is 69.5 Å². The molecular formula is C21H26F3N3O2. The summed E-state index contributed by atoms with van der Waals surface area (Å²) in [5.41, 5.74) is 0.427. The molecule has 1 N–H and O–H groups in total. The van der Waals surface area contributed by atoms with Gasteiger partial charge in [0.1, 0.15) is 5.76 Å². The van der Waals surface area contributed by atoms with Crippen molar-refractivity contribution in [3.8, 4) is 11.3 Å². The van der Waals surface area contributed by atoms with Crippen molar-refractivity contribution in [1.82, 2.24) is 15.1 Å². The molecule has 2 aliphatic rings. The number of nitrogens with zero attached hydrogens (tertiary/aromatic N) is 2. The highest BCUT2D eigenvalue weighted by Gasteiger charge is 2.42. The van der Waals surface area contributed by atoms with Crippen LogP contribution in [0.4, 0.5) is 13.2 Å². The Morgan fingerprint density at radius 1 is 1.17 bits per heavy atom. The highest BCUT2D eigenvalue weighted by molar-refractivity contribution is 5.79. The summed E-state index contributed by atoms with van der Waals surface area (Å²) in [6, 6.07) is 1.58. The molecule has 2 aliphatic carbocycles. The Labute approximate surface area is 167 Å². The van der Waals surface area contributed by atoms with E-state index in [4.69, 9.17) is 4.42 Å². The third-order valence-corrected chi connectivity index (χ3v) is 5.79. The molecule has 8 heteroatoms. The van der Waals surface area contributed by atoms with Gasteiger partial charge >= 0.3 is 6.18 Å². The number of furan rings is 1. The molecule has 0 radical (unpaired) electrons. The first-order valence-corrected chi connectivity index (χ1v) is 10.1. The van der Waals surface area contributed by atoms with Crippen LogP contribution in [-0.2, 0) is 23.8 Å². The van der Waals surface area contributed by atoms with Crippen LogP contribution < -0.4 is 5.32 Å². The van der Waals surface area contributed by atoms with Crippen LogP contribution in [0.2, 0.25) is 0 Å². The van der Waals surface area contributed by atoms with Crippen molar-refractivity contribution in [2.45, 2.75) is 77.1 Å². The van der Waals surface area contributed by atoms with Gasteiger partial charge in [-0.2, -0.15) is 18.3 Å². The van der Waals surface area contributed by atoms with Crippen molar-refractivity contribution in [1.29, 1.82) is 0 Å². The number of hydrogen-bond donors (Lipinski definition) is 1. The molecular weight excluding hydrogens is 383 g/mol. The number of halogens is 3. The first kappa shape index (κ1) is 20.0. The molecule has 0 unspecified atom stereocenters. The lowest BCUT2D eigenvalue weighted by Crippen LogP contribution is -2.44. The van der Waals surface area contributed by atoms with Crippen LogP contribution in [0.5, 0.6) is 0 Å². The van der Waals surface area contributed by atoms with E-state index >= 15 is 0 Å². The van der Waals surface area contributed by atoms with E-state index in [-0.39, 0.29) is 35.4 Å². The second kappa shape index (κ2) is 6.92. The van der Waals surface area contributed by atoms with E-state index in [1.807, 2.05) is 20.8 Å². The lowest BCUT2D eigenvalue weighted by Gasteiger charge is -2.31. The molecule has 2 aromatic heterocycles. The van der Waals surface area contributed by atoms with E-state index < -0.39 is 11.9 Å². The zero-order valence-electron chi connectivity index (χ0n) is 16.9. The van der Waals surface area contributed by atoms with Gasteiger partial charge in [0.15, 0.2) is 5.69 Å². The number of hydrogen-bond acceptors (Lipinski definition) is 3. The molecule has 0 spiro atoms. The average molecular weight is 409 g/mol. The van der Waals surface area contributed by atoms with Gasteiger partial charge in [-0.1, -0.05) is 0 Å². The van der Waals surface area contributed by atoms with Gasteiger partial charge in [-0.3, -0.25) is 9.48 Å². The maximum absolute atomic E-state index is 13.6.